The summed E-state index contributed by atoms with van der Waals surface area (Å²) in [6, 6.07) is 24.8. The van der Waals surface area contributed by atoms with E-state index in [-0.39, 0.29) is 0 Å². The molecule has 0 aromatic heterocycles. The quantitative estimate of drug-likeness (QED) is 0.255. The number of carbonyl (C=O) groups excluding carboxylic acids is 1. The molecule has 5 heteroatoms. The predicted octanol–water partition coefficient (Wildman–Crippen LogP) is 6.88. The Morgan fingerprint density at radius 3 is 2.32 bits per heavy atom. The van der Waals surface area contributed by atoms with E-state index in [0.717, 1.165) is 67.8 Å². The highest BCUT2D eigenvalue weighted by Gasteiger charge is 2.31. The maximum Gasteiger partial charge on any atom is 0.124 e. The Labute approximate surface area is 221 Å². The predicted molar refractivity (Wildman–Crippen MR) is 152 cm³/mol. The van der Waals surface area contributed by atoms with Crippen molar-refractivity contribution >= 4 is 23.0 Å². The Kier molecular flexibility index (Phi) is 6.98. The number of aryl methyl sites for hydroxylation is 1. The van der Waals surface area contributed by atoms with Crippen molar-refractivity contribution in [3.05, 3.63) is 106 Å². The fourth-order valence-electron chi connectivity index (χ4n) is 5.37. The maximum atomic E-state index is 13.0. The summed E-state index contributed by atoms with van der Waals surface area (Å²) < 4.78 is 21.1. The lowest BCUT2D eigenvalue weighted by molar-refractivity contribution is -0.107. The third kappa shape index (κ3) is 4.72. The molecule has 5 rings (SSSR count). The summed E-state index contributed by atoms with van der Waals surface area (Å²) in [7, 11) is -1.24. The molecule has 0 fully saturated rings. The fraction of sp³-hybridized carbons (Fsp3) is 0.219. The van der Waals surface area contributed by atoms with E-state index in [1.165, 1.54) is 5.56 Å². The number of carbonyl (C=O) groups is 1. The summed E-state index contributed by atoms with van der Waals surface area (Å²) >= 11 is 0. The summed E-state index contributed by atoms with van der Waals surface area (Å²) in [6.07, 6.45) is 2.99. The molecule has 0 amide bonds. The molecule has 188 valence electrons. The van der Waals surface area contributed by atoms with Gasteiger partial charge < -0.3 is 9.53 Å². The topological polar surface area (TPSA) is 46.6 Å². The van der Waals surface area contributed by atoms with Gasteiger partial charge in [-0.2, -0.15) is 0 Å². The van der Waals surface area contributed by atoms with Crippen molar-refractivity contribution in [2.45, 2.75) is 40.3 Å². The lowest BCUT2D eigenvalue weighted by Crippen LogP contribution is -2.29. The zero-order valence-corrected chi connectivity index (χ0v) is 22.5. The van der Waals surface area contributed by atoms with Crippen LogP contribution in [-0.2, 0) is 35.4 Å². The van der Waals surface area contributed by atoms with E-state index in [2.05, 4.69) is 57.2 Å². The molecule has 0 N–H and O–H groups in total. The SMILES string of the molecule is Cc1ccc(-c2c(C)c3c(c(C)c2CC=O)N(S(C)=O)Cc2cc(OCc4ccccc4)ccc2-3)cc1. The highest BCUT2D eigenvalue weighted by molar-refractivity contribution is 7.85. The molecular weight excluding hydrogens is 478 g/mol. The minimum Gasteiger partial charge on any atom is -0.489 e. The normalized spacial score (nSPS) is 13.0. The standard InChI is InChI=1S/C32H31NO3S/c1-21-10-12-25(13-11-21)30-23(3)31-29-15-14-27(36-20-24-8-6-5-7-9-24)18-26(29)19-33(37(4)35)32(31)22(2)28(30)16-17-34/h5-15,17-18H,16,19-20H2,1-4H3. The van der Waals surface area contributed by atoms with Crippen LogP contribution >= 0.6 is 0 Å². The zero-order valence-electron chi connectivity index (χ0n) is 21.7. The molecule has 4 nitrogen and oxygen atoms in total. The van der Waals surface area contributed by atoms with E-state index in [1.807, 2.05) is 40.7 Å². The summed E-state index contributed by atoms with van der Waals surface area (Å²) in [5, 5.41) is 0. The summed E-state index contributed by atoms with van der Waals surface area (Å²) in [6.45, 7) is 7.25. The van der Waals surface area contributed by atoms with Crippen LogP contribution in [0.2, 0.25) is 0 Å². The van der Waals surface area contributed by atoms with Crippen molar-refractivity contribution in [3.63, 3.8) is 0 Å². The molecule has 1 atom stereocenters. The van der Waals surface area contributed by atoms with Gasteiger partial charge in [-0.15, -0.1) is 0 Å². The first-order valence-corrected chi connectivity index (χ1v) is 14.0. The molecule has 0 saturated carbocycles. The number of hydrogen-bond acceptors (Lipinski definition) is 3. The highest BCUT2D eigenvalue weighted by Crippen LogP contribution is 2.49. The first-order chi connectivity index (χ1) is 17.9. The van der Waals surface area contributed by atoms with Gasteiger partial charge in [0.2, 0.25) is 0 Å². The molecule has 0 aliphatic carbocycles. The molecule has 0 bridgehead atoms. The van der Waals surface area contributed by atoms with E-state index >= 15 is 0 Å². The smallest absolute Gasteiger partial charge is 0.124 e. The van der Waals surface area contributed by atoms with E-state index in [9.17, 15) is 9.00 Å². The fourth-order valence-corrected chi connectivity index (χ4v) is 6.17. The minimum atomic E-state index is -1.24. The Morgan fingerprint density at radius 1 is 0.919 bits per heavy atom. The van der Waals surface area contributed by atoms with Crippen molar-refractivity contribution in [1.82, 2.24) is 0 Å². The Morgan fingerprint density at radius 2 is 1.65 bits per heavy atom. The third-order valence-electron chi connectivity index (χ3n) is 7.19. The summed E-state index contributed by atoms with van der Waals surface area (Å²) in [5.41, 5.74) is 11.8. The van der Waals surface area contributed by atoms with Crippen molar-refractivity contribution in [2.24, 2.45) is 0 Å². The van der Waals surface area contributed by atoms with E-state index < -0.39 is 11.0 Å². The van der Waals surface area contributed by atoms with Crippen LogP contribution < -0.4 is 9.04 Å². The lowest BCUT2D eigenvalue weighted by Gasteiger charge is -2.35. The average molecular weight is 510 g/mol. The molecule has 4 aromatic rings. The van der Waals surface area contributed by atoms with Crippen LogP contribution in [0.3, 0.4) is 0 Å². The van der Waals surface area contributed by atoms with Gasteiger partial charge in [0.05, 0.1) is 12.2 Å². The largest absolute Gasteiger partial charge is 0.489 e. The Balaban J connectivity index is 1.68. The lowest BCUT2D eigenvalue weighted by atomic mass is 9.81. The van der Waals surface area contributed by atoms with Crippen LogP contribution in [0.15, 0.2) is 72.8 Å². The number of anilines is 1. The molecule has 4 aromatic carbocycles. The average Bonchev–Trinajstić information content (AvgIpc) is 2.90. The van der Waals surface area contributed by atoms with Gasteiger partial charge in [0.25, 0.3) is 0 Å². The minimum absolute atomic E-state index is 0.312. The van der Waals surface area contributed by atoms with Crippen LogP contribution in [0.1, 0.15) is 33.4 Å². The third-order valence-corrected chi connectivity index (χ3v) is 8.12. The second-order valence-electron chi connectivity index (χ2n) is 9.62. The maximum absolute atomic E-state index is 13.0. The second-order valence-corrected chi connectivity index (χ2v) is 10.9. The van der Waals surface area contributed by atoms with Crippen LogP contribution in [0.25, 0.3) is 22.3 Å². The van der Waals surface area contributed by atoms with Gasteiger partial charge in [0.1, 0.15) is 29.6 Å². The Hall–Kier alpha value is -3.70. The number of nitrogens with zero attached hydrogens (tertiary/aromatic N) is 1. The zero-order chi connectivity index (χ0) is 26.1. The molecule has 0 radical (unpaired) electrons. The monoisotopic (exact) mass is 509 g/mol. The van der Waals surface area contributed by atoms with Crippen molar-refractivity contribution < 1.29 is 13.7 Å². The first-order valence-electron chi connectivity index (χ1n) is 12.5. The van der Waals surface area contributed by atoms with Crippen molar-refractivity contribution in [1.29, 1.82) is 0 Å². The Bertz CT molecular complexity index is 1490. The molecule has 1 heterocycles. The van der Waals surface area contributed by atoms with Gasteiger partial charge in [-0.3, -0.25) is 4.31 Å². The molecule has 0 spiro atoms. The van der Waals surface area contributed by atoms with Gasteiger partial charge in [-0.25, -0.2) is 4.21 Å². The van der Waals surface area contributed by atoms with E-state index in [0.29, 0.717) is 19.6 Å². The number of ether oxygens (including phenoxy) is 1. The van der Waals surface area contributed by atoms with Crippen LogP contribution in [0, 0.1) is 20.8 Å². The molecule has 1 aliphatic rings. The molecule has 37 heavy (non-hydrogen) atoms. The summed E-state index contributed by atoms with van der Waals surface area (Å²) in [5.74, 6) is 0.790. The molecule has 0 saturated heterocycles. The van der Waals surface area contributed by atoms with Crippen LogP contribution in [0.4, 0.5) is 5.69 Å². The van der Waals surface area contributed by atoms with Gasteiger partial charge >= 0.3 is 0 Å². The van der Waals surface area contributed by atoms with E-state index in [1.54, 1.807) is 6.26 Å². The number of rotatable bonds is 7. The second kappa shape index (κ2) is 10.3. The van der Waals surface area contributed by atoms with Crippen molar-refractivity contribution in [2.75, 3.05) is 10.6 Å². The van der Waals surface area contributed by atoms with Gasteiger partial charge in [0, 0.05) is 18.2 Å². The molecule has 1 aliphatic heterocycles. The number of benzene rings is 4. The number of fused-ring (bicyclic) bond motifs is 3. The number of hydrogen-bond donors (Lipinski definition) is 0. The van der Waals surface area contributed by atoms with Crippen LogP contribution in [0.5, 0.6) is 5.75 Å². The van der Waals surface area contributed by atoms with E-state index in [4.69, 9.17) is 4.74 Å². The van der Waals surface area contributed by atoms with Gasteiger partial charge in [-0.05, 0) is 77.4 Å². The molecule has 1 unspecified atom stereocenters. The van der Waals surface area contributed by atoms with Crippen molar-refractivity contribution in [3.8, 4) is 28.0 Å². The number of aldehydes is 1. The van der Waals surface area contributed by atoms with Crippen LogP contribution in [-0.4, -0.2) is 16.8 Å². The summed E-state index contributed by atoms with van der Waals surface area (Å²) in [4.78, 5) is 11.8. The highest BCUT2D eigenvalue weighted by atomic mass is 32.2. The molecular formula is C32H31NO3S. The van der Waals surface area contributed by atoms with Gasteiger partial charge in [0.15, 0.2) is 0 Å². The first kappa shape index (κ1) is 25.0. The van der Waals surface area contributed by atoms with Gasteiger partial charge in [-0.1, -0.05) is 66.2 Å².